The van der Waals surface area contributed by atoms with E-state index >= 15 is 0 Å². The SMILES string of the molecule is CCOC(=O)c1ccccc1NC(=O)CSc1ccc2nnc(-c3ccc(F)cc3)n2n1. The first-order valence-corrected chi connectivity index (χ1v) is 10.7. The van der Waals surface area contributed by atoms with E-state index in [0.717, 1.165) is 0 Å². The number of para-hydroxylation sites is 1. The number of halogens is 1. The van der Waals surface area contributed by atoms with Crippen LogP contribution in [-0.4, -0.2) is 44.0 Å². The number of fused-ring (bicyclic) bond motifs is 1. The number of hydrogen-bond donors (Lipinski definition) is 1. The second-order valence-corrected chi connectivity index (χ2v) is 7.57. The van der Waals surface area contributed by atoms with Crippen LogP contribution in [0.4, 0.5) is 10.1 Å². The fourth-order valence-electron chi connectivity index (χ4n) is 2.93. The number of esters is 1. The zero-order chi connectivity index (χ0) is 22.5. The van der Waals surface area contributed by atoms with E-state index in [1.54, 1.807) is 60.0 Å². The van der Waals surface area contributed by atoms with E-state index in [4.69, 9.17) is 4.74 Å². The molecule has 162 valence electrons. The van der Waals surface area contributed by atoms with Gasteiger partial charge in [0.2, 0.25) is 5.91 Å². The largest absolute Gasteiger partial charge is 0.462 e. The van der Waals surface area contributed by atoms with Gasteiger partial charge in [-0.05, 0) is 55.5 Å². The average molecular weight is 451 g/mol. The smallest absolute Gasteiger partial charge is 0.340 e. The van der Waals surface area contributed by atoms with Crippen molar-refractivity contribution < 1.29 is 18.7 Å². The minimum Gasteiger partial charge on any atom is -0.462 e. The maximum Gasteiger partial charge on any atom is 0.340 e. The van der Waals surface area contributed by atoms with Crippen molar-refractivity contribution in [2.75, 3.05) is 17.7 Å². The number of carbonyl (C=O) groups is 2. The van der Waals surface area contributed by atoms with Crippen LogP contribution in [-0.2, 0) is 9.53 Å². The normalized spacial score (nSPS) is 10.8. The number of rotatable bonds is 7. The number of amides is 1. The highest BCUT2D eigenvalue weighted by atomic mass is 32.2. The molecule has 4 rings (SSSR count). The van der Waals surface area contributed by atoms with Crippen LogP contribution in [0.2, 0.25) is 0 Å². The van der Waals surface area contributed by atoms with Gasteiger partial charge in [-0.25, -0.2) is 9.18 Å². The Bertz CT molecular complexity index is 1280. The number of carbonyl (C=O) groups excluding carboxylic acids is 2. The van der Waals surface area contributed by atoms with E-state index in [1.165, 1.54) is 23.9 Å². The van der Waals surface area contributed by atoms with Crippen LogP contribution in [0.5, 0.6) is 0 Å². The molecule has 4 aromatic rings. The molecule has 0 saturated heterocycles. The Balaban J connectivity index is 1.47. The van der Waals surface area contributed by atoms with Crippen LogP contribution in [0.25, 0.3) is 17.0 Å². The average Bonchev–Trinajstić information content (AvgIpc) is 3.22. The molecule has 2 heterocycles. The topological polar surface area (TPSA) is 98.5 Å². The van der Waals surface area contributed by atoms with E-state index in [-0.39, 0.29) is 24.1 Å². The van der Waals surface area contributed by atoms with E-state index < -0.39 is 5.97 Å². The summed E-state index contributed by atoms with van der Waals surface area (Å²) in [5, 5.41) is 16.0. The van der Waals surface area contributed by atoms with E-state index in [2.05, 4.69) is 20.6 Å². The molecule has 1 N–H and O–H groups in total. The molecule has 0 unspecified atom stereocenters. The molecule has 0 saturated carbocycles. The molecule has 2 aromatic carbocycles. The van der Waals surface area contributed by atoms with Crippen LogP contribution in [0, 0.1) is 5.82 Å². The number of nitrogens with zero attached hydrogens (tertiary/aromatic N) is 4. The van der Waals surface area contributed by atoms with Crippen molar-refractivity contribution in [2.45, 2.75) is 11.9 Å². The lowest BCUT2D eigenvalue weighted by Gasteiger charge is -2.10. The monoisotopic (exact) mass is 451 g/mol. The summed E-state index contributed by atoms with van der Waals surface area (Å²) in [6.07, 6.45) is 0. The first kappa shape index (κ1) is 21.4. The van der Waals surface area contributed by atoms with Crippen LogP contribution in [0.15, 0.2) is 65.7 Å². The molecule has 32 heavy (non-hydrogen) atoms. The molecule has 0 bridgehead atoms. The highest BCUT2D eigenvalue weighted by Crippen LogP contribution is 2.22. The lowest BCUT2D eigenvalue weighted by molar-refractivity contribution is -0.113. The fourth-order valence-corrected chi connectivity index (χ4v) is 3.59. The molecule has 0 aliphatic rings. The van der Waals surface area contributed by atoms with Gasteiger partial charge in [0.15, 0.2) is 11.5 Å². The Labute approximate surface area is 186 Å². The molecule has 0 spiro atoms. The van der Waals surface area contributed by atoms with Crippen LogP contribution < -0.4 is 5.32 Å². The molecule has 8 nitrogen and oxygen atoms in total. The van der Waals surface area contributed by atoms with Gasteiger partial charge in [0.25, 0.3) is 0 Å². The molecule has 2 aromatic heterocycles. The number of aromatic nitrogens is 4. The summed E-state index contributed by atoms with van der Waals surface area (Å²) in [6.45, 7) is 1.96. The van der Waals surface area contributed by atoms with E-state index in [1.807, 2.05) is 0 Å². The van der Waals surface area contributed by atoms with Gasteiger partial charge in [-0.15, -0.1) is 10.2 Å². The zero-order valence-electron chi connectivity index (χ0n) is 17.0. The third-order valence-electron chi connectivity index (χ3n) is 4.39. The Hall–Kier alpha value is -3.79. The Morgan fingerprint density at radius 1 is 1.06 bits per heavy atom. The first-order valence-electron chi connectivity index (χ1n) is 9.72. The molecule has 0 aliphatic carbocycles. The predicted molar refractivity (Wildman–Crippen MR) is 118 cm³/mol. The van der Waals surface area contributed by atoms with Gasteiger partial charge < -0.3 is 10.1 Å². The van der Waals surface area contributed by atoms with E-state index in [0.29, 0.717) is 33.3 Å². The quantitative estimate of drug-likeness (QED) is 0.337. The summed E-state index contributed by atoms with van der Waals surface area (Å²) in [5.41, 5.74) is 1.88. The van der Waals surface area contributed by atoms with Gasteiger partial charge in [-0.1, -0.05) is 23.9 Å². The van der Waals surface area contributed by atoms with E-state index in [9.17, 15) is 14.0 Å². The minimum absolute atomic E-state index is 0.0731. The Morgan fingerprint density at radius 2 is 1.84 bits per heavy atom. The highest BCUT2D eigenvalue weighted by molar-refractivity contribution is 7.99. The standard InChI is InChI=1S/C22H18FN5O3S/c1-2-31-22(30)16-5-3-4-6-17(16)24-19(29)13-32-20-12-11-18-25-26-21(28(18)27-20)14-7-9-15(23)10-8-14/h3-12H,2,13H2,1H3,(H,24,29). The molecule has 1 amide bonds. The minimum atomic E-state index is -0.496. The summed E-state index contributed by atoms with van der Waals surface area (Å²) < 4.78 is 19.8. The van der Waals surface area contributed by atoms with Gasteiger partial charge in [0, 0.05) is 5.56 Å². The molecule has 0 aliphatic heterocycles. The summed E-state index contributed by atoms with van der Waals surface area (Å²) in [7, 11) is 0. The van der Waals surface area contributed by atoms with Crippen LogP contribution in [0.3, 0.4) is 0 Å². The second-order valence-electron chi connectivity index (χ2n) is 6.57. The molecular weight excluding hydrogens is 433 g/mol. The number of thioether (sulfide) groups is 1. The van der Waals surface area contributed by atoms with Crippen molar-refractivity contribution >= 4 is 35.0 Å². The van der Waals surface area contributed by atoms with Crippen molar-refractivity contribution in [1.82, 2.24) is 19.8 Å². The summed E-state index contributed by atoms with van der Waals surface area (Å²) >= 11 is 1.22. The molecular formula is C22H18FN5O3S. The molecule has 0 atom stereocenters. The predicted octanol–water partition coefficient (Wildman–Crippen LogP) is 3.84. The summed E-state index contributed by atoms with van der Waals surface area (Å²) in [5.74, 6) is -0.596. The highest BCUT2D eigenvalue weighted by Gasteiger charge is 2.15. The van der Waals surface area contributed by atoms with Crippen LogP contribution in [0.1, 0.15) is 17.3 Å². The van der Waals surface area contributed by atoms with Gasteiger partial charge in [-0.3, -0.25) is 4.79 Å². The third kappa shape index (κ3) is 4.75. The molecule has 10 heteroatoms. The van der Waals surface area contributed by atoms with Crippen LogP contribution >= 0.6 is 11.8 Å². The van der Waals surface area contributed by atoms with Gasteiger partial charge in [0.1, 0.15) is 10.8 Å². The number of nitrogens with one attached hydrogen (secondary N) is 1. The van der Waals surface area contributed by atoms with Crippen molar-refractivity contribution in [1.29, 1.82) is 0 Å². The number of anilines is 1. The Morgan fingerprint density at radius 3 is 2.62 bits per heavy atom. The first-order chi connectivity index (χ1) is 15.5. The fraction of sp³-hybridized carbons (Fsp3) is 0.136. The number of benzene rings is 2. The molecule has 0 radical (unpaired) electrons. The van der Waals surface area contributed by atoms with Gasteiger partial charge in [0.05, 0.1) is 23.6 Å². The van der Waals surface area contributed by atoms with Gasteiger partial charge >= 0.3 is 5.97 Å². The Kier molecular flexibility index (Phi) is 6.41. The van der Waals surface area contributed by atoms with Gasteiger partial charge in [-0.2, -0.15) is 9.61 Å². The summed E-state index contributed by atoms with van der Waals surface area (Å²) in [4.78, 5) is 24.5. The molecule has 0 fully saturated rings. The maximum absolute atomic E-state index is 13.2. The maximum atomic E-state index is 13.2. The zero-order valence-corrected chi connectivity index (χ0v) is 17.8. The number of hydrogen-bond acceptors (Lipinski definition) is 7. The summed E-state index contributed by atoms with van der Waals surface area (Å²) in [6, 6.07) is 16.0. The lowest BCUT2D eigenvalue weighted by atomic mass is 10.2. The van der Waals surface area contributed by atoms with Crippen molar-refractivity contribution in [3.05, 3.63) is 72.0 Å². The third-order valence-corrected chi connectivity index (χ3v) is 5.31. The van der Waals surface area contributed by atoms with Crippen molar-refractivity contribution in [3.63, 3.8) is 0 Å². The number of ether oxygens (including phenoxy) is 1. The lowest BCUT2D eigenvalue weighted by Crippen LogP contribution is -2.17. The van der Waals surface area contributed by atoms with Crippen molar-refractivity contribution in [3.8, 4) is 11.4 Å². The van der Waals surface area contributed by atoms with Crippen molar-refractivity contribution in [2.24, 2.45) is 0 Å². The second kappa shape index (κ2) is 9.56.